The predicted octanol–water partition coefficient (Wildman–Crippen LogP) is 4.49. The number of ketones is 1. The number of amides is 1. The van der Waals surface area contributed by atoms with Gasteiger partial charge >= 0.3 is 0 Å². The molecule has 1 N–H and O–H groups in total. The molecule has 3 aromatic carbocycles. The van der Waals surface area contributed by atoms with Crippen molar-refractivity contribution in [3.05, 3.63) is 77.4 Å². The van der Waals surface area contributed by atoms with Gasteiger partial charge in [0.2, 0.25) is 12.7 Å². The van der Waals surface area contributed by atoms with Crippen LogP contribution in [0.25, 0.3) is 0 Å². The highest BCUT2D eigenvalue weighted by Crippen LogP contribution is 2.45. The zero-order valence-corrected chi connectivity index (χ0v) is 15.6. The third-order valence-corrected chi connectivity index (χ3v) is 5.09. The van der Waals surface area contributed by atoms with Crippen LogP contribution in [0.4, 0.5) is 5.69 Å². The van der Waals surface area contributed by atoms with Crippen LogP contribution in [0.5, 0.6) is 23.0 Å². The summed E-state index contributed by atoms with van der Waals surface area (Å²) in [5.74, 6) is 1.28. The van der Waals surface area contributed by atoms with Gasteiger partial charge in [0.05, 0.1) is 11.6 Å². The van der Waals surface area contributed by atoms with Crippen molar-refractivity contribution in [2.75, 3.05) is 12.1 Å². The molecule has 29 heavy (non-hydrogen) atoms. The van der Waals surface area contributed by atoms with E-state index in [-0.39, 0.29) is 18.5 Å². The highest BCUT2D eigenvalue weighted by atomic mass is 16.7. The summed E-state index contributed by atoms with van der Waals surface area (Å²) >= 11 is 0. The lowest BCUT2D eigenvalue weighted by Crippen LogP contribution is -2.25. The third kappa shape index (κ3) is 2.89. The van der Waals surface area contributed by atoms with Crippen LogP contribution in [0.1, 0.15) is 34.3 Å². The molecule has 6 heteroatoms. The molecule has 1 amide bonds. The average Bonchev–Trinajstić information content (AvgIpc) is 3.18. The van der Waals surface area contributed by atoms with Gasteiger partial charge in [-0.05, 0) is 25.1 Å². The van der Waals surface area contributed by atoms with E-state index in [1.807, 2.05) is 48.5 Å². The number of carbonyl (C=O) groups is 2. The second-order valence-electron chi connectivity index (χ2n) is 6.91. The van der Waals surface area contributed by atoms with Gasteiger partial charge in [-0.3, -0.25) is 9.59 Å². The van der Waals surface area contributed by atoms with E-state index in [1.54, 1.807) is 12.1 Å². The van der Waals surface area contributed by atoms with E-state index in [9.17, 15) is 9.59 Å². The molecular formula is C23H17NO5. The van der Waals surface area contributed by atoms with Gasteiger partial charge in [-0.15, -0.1) is 0 Å². The summed E-state index contributed by atoms with van der Waals surface area (Å²) in [7, 11) is 0. The smallest absolute Gasteiger partial charge is 0.236 e. The van der Waals surface area contributed by atoms with Gasteiger partial charge in [0.15, 0.2) is 17.3 Å². The lowest BCUT2D eigenvalue weighted by molar-refractivity contribution is -0.116. The Hall–Kier alpha value is -3.80. The minimum absolute atomic E-state index is 0.0881. The quantitative estimate of drug-likeness (QED) is 0.670. The summed E-state index contributed by atoms with van der Waals surface area (Å²) in [4.78, 5) is 25.6. The molecule has 0 atom stereocenters. The molecule has 0 unspecified atom stereocenters. The van der Waals surface area contributed by atoms with Crippen LogP contribution in [0.15, 0.2) is 60.7 Å². The molecule has 0 aliphatic carbocycles. The van der Waals surface area contributed by atoms with Gasteiger partial charge in [0, 0.05) is 22.8 Å². The molecule has 0 aromatic heterocycles. The van der Waals surface area contributed by atoms with Crippen molar-refractivity contribution >= 4 is 17.4 Å². The maximum atomic E-state index is 13.4. The zero-order valence-electron chi connectivity index (χ0n) is 15.6. The van der Waals surface area contributed by atoms with E-state index in [1.165, 1.54) is 6.92 Å². The Morgan fingerprint density at radius 1 is 0.862 bits per heavy atom. The number of carbonyl (C=O) groups excluding carboxylic acids is 2. The SMILES string of the molecule is CC(=O)c1cc2c(cc1NC(=O)C1c3ccccc3Oc3ccccc31)OCO2. The molecule has 2 aliphatic heterocycles. The van der Waals surface area contributed by atoms with Gasteiger partial charge < -0.3 is 19.5 Å². The summed E-state index contributed by atoms with van der Waals surface area (Å²) < 4.78 is 16.7. The third-order valence-electron chi connectivity index (χ3n) is 5.09. The highest BCUT2D eigenvalue weighted by Gasteiger charge is 2.33. The molecule has 0 saturated heterocycles. The lowest BCUT2D eigenvalue weighted by Gasteiger charge is -2.27. The Labute approximate surface area is 167 Å². The van der Waals surface area contributed by atoms with Crippen LogP contribution in [0, 0.1) is 0 Å². The summed E-state index contributed by atoms with van der Waals surface area (Å²) in [5.41, 5.74) is 2.31. The number of rotatable bonds is 3. The monoisotopic (exact) mass is 387 g/mol. The van der Waals surface area contributed by atoms with Crippen molar-refractivity contribution in [1.82, 2.24) is 0 Å². The number of benzene rings is 3. The largest absolute Gasteiger partial charge is 0.457 e. The van der Waals surface area contributed by atoms with Gasteiger partial charge in [-0.1, -0.05) is 36.4 Å². The molecule has 3 aromatic rings. The minimum atomic E-state index is -0.568. The average molecular weight is 387 g/mol. The van der Waals surface area contributed by atoms with Crippen LogP contribution in [0.2, 0.25) is 0 Å². The topological polar surface area (TPSA) is 73.9 Å². The summed E-state index contributed by atoms with van der Waals surface area (Å²) in [5, 5.41) is 2.92. The summed E-state index contributed by atoms with van der Waals surface area (Å²) in [6.45, 7) is 1.54. The molecule has 0 fully saturated rings. The molecule has 0 bridgehead atoms. The Bertz CT molecular complexity index is 1110. The molecule has 0 saturated carbocycles. The molecule has 5 rings (SSSR count). The first-order valence-electron chi connectivity index (χ1n) is 9.23. The number of ether oxygens (including phenoxy) is 3. The van der Waals surface area contributed by atoms with E-state index in [2.05, 4.69) is 5.32 Å². The van der Waals surface area contributed by atoms with Crippen molar-refractivity contribution in [1.29, 1.82) is 0 Å². The Balaban J connectivity index is 1.57. The number of hydrogen-bond donors (Lipinski definition) is 1. The molecule has 0 spiro atoms. The van der Waals surface area contributed by atoms with Crippen LogP contribution in [0.3, 0.4) is 0 Å². The van der Waals surface area contributed by atoms with Crippen molar-refractivity contribution in [3.63, 3.8) is 0 Å². The van der Waals surface area contributed by atoms with Crippen molar-refractivity contribution in [2.24, 2.45) is 0 Å². The number of hydrogen-bond acceptors (Lipinski definition) is 5. The van der Waals surface area contributed by atoms with Crippen molar-refractivity contribution in [3.8, 4) is 23.0 Å². The Morgan fingerprint density at radius 2 is 1.45 bits per heavy atom. The second kappa shape index (κ2) is 6.67. The molecular weight excluding hydrogens is 370 g/mol. The van der Waals surface area contributed by atoms with Gasteiger partial charge in [-0.25, -0.2) is 0 Å². The lowest BCUT2D eigenvalue weighted by atomic mass is 9.87. The van der Waals surface area contributed by atoms with Gasteiger partial charge in [-0.2, -0.15) is 0 Å². The van der Waals surface area contributed by atoms with E-state index in [0.29, 0.717) is 34.2 Å². The van der Waals surface area contributed by atoms with Gasteiger partial charge in [0.25, 0.3) is 0 Å². The molecule has 2 heterocycles. The fraction of sp³-hybridized carbons (Fsp3) is 0.130. The predicted molar refractivity (Wildman–Crippen MR) is 106 cm³/mol. The first kappa shape index (κ1) is 17.3. The van der Waals surface area contributed by atoms with E-state index in [4.69, 9.17) is 14.2 Å². The normalized spacial score (nSPS) is 13.8. The Kier molecular flexibility index (Phi) is 3.98. The zero-order chi connectivity index (χ0) is 20.0. The summed E-state index contributed by atoms with van der Waals surface area (Å²) in [6, 6.07) is 18.2. The number of nitrogens with one attached hydrogen (secondary N) is 1. The van der Waals surface area contributed by atoms with Crippen molar-refractivity contribution in [2.45, 2.75) is 12.8 Å². The summed E-state index contributed by atoms with van der Waals surface area (Å²) in [6.07, 6.45) is 0. The first-order valence-corrected chi connectivity index (χ1v) is 9.23. The number of para-hydroxylation sites is 2. The fourth-order valence-electron chi connectivity index (χ4n) is 3.73. The van der Waals surface area contributed by atoms with Crippen LogP contribution in [-0.2, 0) is 4.79 Å². The maximum Gasteiger partial charge on any atom is 0.236 e. The fourth-order valence-corrected chi connectivity index (χ4v) is 3.73. The van der Waals surface area contributed by atoms with Crippen LogP contribution < -0.4 is 19.5 Å². The minimum Gasteiger partial charge on any atom is -0.457 e. The molecule has 0 radical (unpaired) electrons. The van der Waals surface area contributed by atoms with Gasteiger partial charge in [0.1, 0.15) is 11.5 Å². The first-order chi connectivity index (χ1) is 14.1. The van der Waals surface area contributed by atoms with Crippen LogP contribution >= 0.6 is 0 Å². The van der Waals surface area contributed by atoms with Crippen LogP contribution in [-0.4, -0.2) is 18.5 Å². The standard InChI is InChI=1S/C23H17NO5/c1-13(25)16-10-20-21(28-12-27-20)11-17(16)24-23(26)22-14-6-2-4-8-18(14)29-19-9-5-3-7-15(19)22/h2-11,22H,12H2,1H3,(H,24,26). The number of Topliss-reactive ketones (excluding diaryl/α,β-unsaturated/α-hetero) is 1. The maximum absolute atomic E-state index is 13.4. The Morgan fingerprint density at radius 3 is 2.07 bits per heavy atom. The van der Waals surface area contributed by atoms with E-state index < -0.39 is 5.92 Å². The van der Waals surface area contributed by atoms with E-state index >= 15 is 0 Å². The highest BCUT2D eigenvalue weighted by molar-refractivity contribution is 6.07. The second-order valence-corrected chi connectivity index (χ2v) is 6.91. The molecule has 144 valence electrons. The molecule has 6 nitrogen and oxygen atoms in total. The number of anilines is 1. The number of fused-ring (bicyclic) bond motifs is 3. The molecule has 2 aliphatic rings. The van der Waals surface area contributed by atoms with E-state index in [0.717, 1.165) is 11.1 Å². The van der Waals surface area contributed by atoms with Crippen molar-refractivity contribution < 1.29 is 23.8 Å².